The van der Waals surface area contributed by atoms with E-state index in [2.05, 4.69) is 18.1 Å². The summed E-state index contributed by atoms with van der Waals surface area (Å²) >= 11 is 0. The van der Waals surface area contributed by atoms with Crippen LogP contribution in [0.4, 0.5) is 0 Å². The highest BCUT2D eigenvalue weighted by atomic mass is 16.5. The van der Waals surface area contributed by atoms with Crippen molar-refractivity contribution in [2.24, 2.45) is 0 Å². The van der Waals surface area contributed by atoms with E-state index in [1.807, 2.05) is 19.1 Å². The van der Waals surface area contributed by atoms with Crippen molar-refractivity contribution in [3.8, 4) is 0 Å². The average Bonchev–Trinajstić information content (AvgIpc) is 2.59. The van der Waals surface area contributed by atoms with Crippen LogP contribution in [0.25, 0.3) is 10.9 Å². The molecule has 0 unspecified atom stereocenters. The second-order valence-corrected chi connectivity index (χ2v) is 5.95. The molecule has 1 heterocycles. The minimum atomic E-state index is -0.420. The molecule has 0 saturated carbocycles. The van der Waals surface area contributed by atoms with Gasteiger partial charge in [-0.05, 0) is 44.2 Å². The molecule has 0 aliphatic rings. The first-order valence-electron chi connectivity index (χ1n) is 8.39. The highest BCUT2D eigenvalue weighted by Crippen LogP contribution is 2.14. The smallest absolute Gasteiger partial charge is 0.338 e. The number of pyridine rings is 1. The molecule has 0 fully saturated rings. The molecule has 0 atom stereocenters. The van der Waals surface area contributed by atoms with Gasteiger partial charge in [0, 0.05) is 16.6 Å². The zero-order valence-corrected chi connectivity index (χ0v) is 14.9. The van der Waals surface area contributed by atoms with E-state index in [0.717, 1.165) is 18.8 Å². The number of aromatic nitrogens is 1. The number of carbonyl (C=O) groups excluding carboxylic acids is 1. The third kappa shape index (κ3) is 4.25. The maximum Gasteiger partial charge on any atom is 0.338 e. The van der Waals surface area contributed by atoms with Gasteiger partial charge < -0.3 is 14.6 Å². The number of H-pyrrole nitrogens is 1. The lowest BCUT2D eigenvalue weighted by Gasteiger charge is -2.17. The van der Waals surface area contributed by atoms with Crippen molar-refractivity contribution >= 4 is 16.9 Å². The zero-order chi connectivity index (χ0) is 18.4. The van der Waals surface area contributed by atoms with E-state index in [4.69, 9.17) is 4.74 Å². The van der Waals surface area contributed by atoms with E-state index < -0.39 is 5.97 Å². The van der Waals surface area contributed by atoms with Gasteiger partial charge in [-0.2, -0.15) is 0 Å². The Kier molecular flexibility index (Phi) is 6.31. The number of benzene rings is 1. The van der Waals surface area contributed by atoms with Gasteiger partial charge in [0.25, 0.3) is 0 Å². The Hall–Kier alpha value is -2.66. The highest BCUT2D eigenvalue weighted by Gasteiger charge is 2.16. The molecule has 5 nitrogen and oxygen atoms in total. The minimum Gasteiger partial charge on any atom is -0.462 e. The number of esters is 1. The van der Waals surface area contributed by atoms with Crippen LogP contribution in [0, 0.1) is 6.92 Å². The molecule has 0 radical (unpaired) electrons. The van der Waals surface area contributed by atoms with E-state index in [9.17, 15) is 9.59 Å². The fraction of sp³-hybridized carbons (Fsp3) is 0.300. The van der Waals surface area contributed by atoms with Crippen LogP contribution in [0.5, 0.6) is 0 Å². The molecule has 25 heavy (non-hydrogen) atoms. The summed E-state index contributed by atoms with van der Waals surface area (Å²) < 4.78 is 5.02. The van der Waals surface area contributed by atoms with Crippen LogP contribution >= 0.6 is 0 Å². The monoisotopic (exact) mass is 341 g/mol. The number of aryl methyl sites for hydroxylation is 1. The zero-order valence-electron chi connectivity index (χ0n) is 14.9. The van der Waals surface area contributed by atoms with Crippen molar-refractivity contribution in [2.75, 3.05) is 19.7 Å². The number of quaternary nitrogens is 1. The van der Waals surface area contributed by atoms with Crippen LogP contribution in [0.15, 0.2) is 48.3 Å². The number of aromatic amines is 1. The van der Waals surface area contributed by atoms with Crippen LogP contribution < -0.4 is 10.3 Å². The Balaban J connectivity index is 2.50. The number of nitrogens with one attached hydrogen (secondary N) is 2. The standard InChI is InChI=1S/C20H24N2O3/c1-5-10-22(11-6-2)13-17-14(4)21-18-9-8-15(20(24)25-7-3)12-16(18)19(17)23/h5-6,8-9,12H,1-2,7,10-11,13H2,3-4H3,(H,21,23)/p+1. The van der Waals surface area contributed by atoms with Gasteiger partial charge >= 0.3 is 5.97 Å². The minimum absolute atomic E-state index is 0.0528. The molecule has 0 amide bonds. The molecule has 2 aromatic rings. The second-order valence-electron chi connectivity index (χ2n) is 5.95. The first-order valence-corrected chi connectivity index (χ1v) is 8.39. The lowest BCUT2D eigenvalue weighted by atomic mass is 10.1. The number of hydrogen-bond donors (Lipinski definition) is 2. The SMILES string of the molecule is C=CC[NH+](CC=C)Cc1c(C)[nH]c2ccc(C(=O)OCC)cc2c1=O. The van der Waals surface area contributed by atoms with E-state index in [-0.39, 0.29) is 5.43 Å². The van der Waals surface area contributed by atoms with Gasteiger partial charge in [0.1, 0.15) is 6.54 Å². The third-order valence-corrected chi connectivity index (χ3v) is 4.12. The molecule has 132 valence electrons. The number of ether oxygens (including phenoxy) is 1. The number of fused-ring (bicyclic) bond motifs is 1. The third-order valence-electron chi connectivity index (χ3n) is 4.12. The van der Waals surface area contributed by atoms with Crippen molar-refractivity contribution in [1.82, 2.24) is 4.98 Å². The normalized spacial score (nSPS) is 10.8. The maximum absolute atomic E-state index is 13.0. The topological polar surface area (TPSA) is 63.6 Å². The predicted molar refractivity (Wildman–Crippen MR) is 100 cm³/mol. The van der Waals surface area contributed by atoms with Gasteiger partial charge in [-0.25, -0.2) is 4.79 Å². The lowest BCUT2D eigenvalue weighted by Crippen LogP contribution is -3.10. The molecular weight excluding hydrogens is 316 g/mol. The van der Waals surface area contributed by atoms with Crippen molar-refractivity contribution in [3.05, 3.63) is 70.6 Å². The van der Waals surface area contributed by atoms with Gasteiger partial charge in [-0.1, -0.05) is 13.2 Å². The van der Waals surface area contributed by atoms with Crippen LogP contribution in [-0.4, -0.2) is 30.6 Å². The summed E-state index contributed by atoms with van der Waals surface area (Å²) in [5, 5.41) is 0.503. The van der Waals surface area contributed by atoms with Crippen LogP contribution in [0.3, 0.4) is 0 Å². The molecular formula is C20H25N2O3+. The summed E-state index contributed by atoms with van der Waals surface area (Å²) in [6, 6.07) is 5.02. The summed E-state index contributed by atoms with van der Waals surface area (Å²) in [5.74, 6) is -0.420. The Morgan fingerprint density at radius 3 is 2.56 bits per heavy atom. The van der Waals surface area contributed by atoms with Crippen molar-refractivity contribution < 1.29 is 14.4 Å². The molecule has 5 heteroatoms. The number of carbonyl (C=O) groups is 1. The van der Waals surface area contributed by atoms with E-state index in [1.54, 1.807) is 25.1 Å². The van der Waals surface area contributed by atoms with Crippen LogP contribution in [0.2, 0.25) is 0 Å². The Labute approximate surface area is 147 Å². The van der Waals surface area contributed by atoms with Gasteiger partial charge in [-0.3, -0.25) is 4.79 Å². The van der Waals surface area contributed by atoms with E-state index >= 15 is 0 Å². The highest BCUT2D eigenvalue weighted by molar-refractivity contribution is 5.94. The van der Waals surface area contributed by atoms with Gasteiger partial charge in [0.05, 0.1) is 30.8 Å². The largest absolute Gasteiger partial charge is 0.462 e. The van der Waals surface area contributed by atoms with Gasteiger partial charge in [0.2, 0.25) is 0 Å². The molecule has 0 spiro atoms. The first kappa shape index (κ1) is 18.7. The lowest BCUT2D eigenvalue weighted by molar-refractivity contribution is -0.902. The summed E-state index contributed by atoms with van der Waals surface area (Å²) in [6.45, 7) is 13.6. The summed E-state index contributed by atoms with van der Waals surface area (Å²) in [5.41, 5.74) is 2.60. The summed E-state index contributed by atoms with van der Waals surface area (Å²) in [4.78, 5) is 29.4. The van der Waals surface area contributed by atoms with Gasteiger partial charge in [-0.15, -0.1) is 0 Å². The van der Waals surface area contributed by atoms with Gasteiger partial charge in [0.15, 0.2) is 5.43 Å². The van der Waals surface area contributed by atoms with Crippen LogP contribution in [0.1, 0.15) is 28.5 Å². The second kappa shape index (κ2) is 8.44. The number of hydrogen-bond acceptors (Lipinski definition) is 3. The van der Waals surface area contributed by atoms with Crippen LogP contribution in [-0.2, 0) is 11.3 Å². The summed E-state index contributed by atoms with van der Waals surface area (Å²) in [7, 11) is 0. The molecule has 0 aliphatic carbocycles. The quantitative estimate of drug-likeness (QED) is 0.568. The fourth-order valence-corrected chi connectivity index (χ4v) is 2.89. The molecule has 1 aromatic heterocycles. The average molecular weight is 341 g/mol. The molecule has 0 bridgehead atoms. The fourth-order valence-electron chi connectivity index (χ4n) is 2.89. The first-order chi connectivity index (χ1) is 12.0. The summed E-state index contributed by atoms with van der Waals surface area (Å²) in [6.07, 6.45) is 3.67. The van der Waals surface area contributed by atoms with Crippen molar-refractivity contribution in [3.63, 3.8) is 0 Å². The molecule has 0 aliphatic heterocycles. The van der Waals surface area contributed by atoms with Crippen molar-refractivity contribution in [2.45, 2.75) is 20.4 Å². The predicted octanol–water partition coefficient (Wildman–Crippen LogP) is 1.77. The molecule has 2 N–H and O–H groups in total. The molecule has 2 rings (SSSR count). The Bertz CT molecular complexity index is 842. The Morgan fingerprint density at radius 2 is 1.96 bits per heavy atom. The maximum atomic E-state index is 13.0. The Morgan fingerprint density at radius 1 is 1.28 bits per heavy atom. The molecule has 1 aromatic carbocycles. The van der Waals surface area contributed by atoms with E-state index in [1.165, 1.54) is 4.90 Å². The number of rotatable bonds is 8. The van der Waals surface area contributed by atoms with Crippen molar-refractivity contribution in [1.29, 1.82) is 0 Å². The van der Waals surface area contributed by atoms with E-state index in [0.29, 0.717) is 35.2 Å². The molecule has 0 saturated heterocycles.